The zero-order valence-electron chi connectivity index (χ0n) is 15.5. The van der Waals surface area contributed by atoms with Crippen molar-refractivity contribution in [1.82, 2.24) is 14.7 Å². The minimum Gasteiger partial charge on any atom is -0.484 e. The SMILES string of the molecule is CN(C)CCn1cc(NC(=O)c2ccc(COc3ccc(F)cc3Cl)o2)cn1. The number of aromatic nitrogens is 2. The maximum absolute atomic E-state index is 13.1. The average Bonchev–Trinajstić information content (AvgIpc) is 3.28. The Hall–Kier alpha value is -2.84. The third-order valence-electron chi connectivity index (χ3n) is 3.82. The third kappa shape index (κ3) is 5.34. The fraction of sp³-hybridized carbons (Fsp3) is 0.263. The summed E-state index contributed by atoms with van der Waals surface area (Å²) in [5.41, 5.74) is 0.580. The molecular weight excluding hydrogens is 387 g/mol. The molecule has 0 saturated heterocycles. The molecule has 3 aromatic rings. The van der Waals surface area contributed by atoms with Gasteiger partial charge in [-0.15, -0.1) is 0 Å². The number of anilines is 1. The predicted octanol–water partition coefficient (Wildman–Crippen LogP) is 3.66. The van der Waals surface area contributed by atoms with Gasteiger partial charge in [0.05, 0.1) is 23.5 Å². The van der Waals surface area contributed by atoms with Gasteiger partial charge in [-0.05, 0) is 44.4 Å². The van der Waals surface area contributed by atoms with Gasteiger partial charge in [0.2, 0.25) is 0 Å². The number of hydrogen-bond donors (Lipinski definition) is 1. The second-order valence-corrected chi connectivity index (χ2v) is 6.79. The monoisotopic (exact) mass is 406 g/mol. The van der Waals surface area contributed by atoms with Crippen molar-refractivity contribution in [3.05, 3.63) is 65.1 Å². The van der Waals surface area contributed by atoms with E-state index in [9.17, 15) is 9.18 Å². The number of rotatable bonds is 8. The van der Waals surface area contributed by atoms with Crippen LogP contribution >= 0.6 is 11.6 Å². The van der Waals surface area contributed by atoms with Crippen LogP contribution in [-0.4, -0.2) is 41.2 Å². The summed E-state index contributed by atoms with van der Waals surface area (Å²) in [6, 6.07) is 7.03. The topological polar surface area (TPSA) is 72.5 Å². The molecule has 0 spiro atoms. The molecule has 0 radical (unpaired) electrons. The molecule has 28 heavy (non-hydrogen) atoms. The highest BCUT2D eigenvalue weighted by molar-refractivity contribution is 6.32. The molecule has 3 rings (SSSR count). The van der Waals surface area contributed by atoms with Crippen LogP contribution in [0.1, 0.15) is 16.3 Å². The van der Waals surface area contributed by atoms with E-state index in [1.807, 2.05) is 19.0 Å². The van der Waals surface area contributed by atoms with E-state index in [-0.39, 0.29) is 17.4 Å². The molecule has 2 aromatic heterocycles. The first kappa shape index (κ1) is 19.9. The first-order chi connectivity index (χ1) is 13.4. The molecule has 1 N–H and O–H groups in total. The largest absolute Gasteiger partial charge is 0.484 e. The van der Waals surface area contributed by atoms with E-state index < -0.39 is 11.7 Å². The molecule has 0 aliphatic rings. The van der Waals surface area contributed by atoms with Gasteiger partial charge >= 0.3 is 0 Å². The Kier molecular flexibility index (Phi) is 6.33. The molecule has 9 heteroatoms. The smallest absolute Gasteiger partial charge is 0.291 e. The minimum atomic E-state index is -0.445. The van der Waals surface area contributed by atoms with Crippen molar-refractivity contribution in [2.75, 3.05) is 26.0 Å². The molecule has 0 aliphatic heterocycles. The number of nitrogens with zero attached hydrogens (tertiary/aromatic N) is 3. The number of halogens is 2. The van der Waals surface area contributed by atoms with Crippen LogP contribution in [0.4, 0.5) is 10.1 Å². The van der Waals surface area contributed by atoms with E-state index in [4.69, 9.17) is 20.8 Å². The van der Waals surface area contributed by atoms with Gasteiger partial charge in [-0.2, -0.15) is 5.10 Å². The third-order valence-corrected chi connectivity index (χ3v) is 4.11. The lowest BCUT2D eigenvalue weighted by Crippen LogP contribution is -2.18. The Balaban J connectivity index is 1.55. The molecule has 0 saturated carbocycles. The van der Waals surface area contributed by atoms with Crippen LogP contribution in [0.25, 0.3) is 0 Å². The van der Waals surface area contributed by atoms with Gasteiger partial charge in [-0.3, -0.25) is 9.48 Å². The fourth-order valence-corrected chi connectivity index (χ4v) is 2.59. The molecule has 1 amide bonds. The average molecular weight is 407 g/mol. The first-order valence-electron chi connectivity index (χ1n) is 8.56. The number of hydrogen-bond acceptors (Lipinski definition) is 5. The number of likely N-dealkylation sites (N-methyl/N-ethyl adjacent to an activating group) is 1. The van der Waals surface area contributed by atoms with Crippen LogP contribution in [0, 0.1) is 5.82 Å². The summed E-state index contributed by atoms with van der Waals surface area (Å²) in [5.74, 6) is 0.0743. The van der Waals surface area contributed by atoms with Crippen LogP contribution in [0.15, 0.2) is 47.1 Å². The van der Waals surface area contributed by atoms with Crippen LogP contribution in [-0.2, 0) is 13.2 Å². The standard InChI is InChI=1S/C19H20ClFN4O3/c1-24(2)7-8-25-11-14(10-22-25)23-19(26)18-6-4-15(28-18)12-27-17-5-3-13(21)9-16(17)20/h3-6,9-11H,7-8,12H2,1-2H3,(H,23,26). The van der Waals surface area contributed by atoms with Crippen molar-refractivity contribution in [3.63, 3.8) is 0 Å². The number of carbonyl (C=O) groups excluding carboxylic acids is 1. The maximum atomic E-state index is 13.1. The summed E-state index contributed by atoms with van der Waals surface area (Å²) in [7, 11) is 3.96. The van der Waals surface area contributed by atoms with E-state index in [0.717, 1.165) is 19.2 Å². The highest BCUT2D eigenvalue weighted by atomic mass is 35.5. The molecule has 0 fully saturated rings. The van der Waals surface area contributed by atoms with E-state index in [0.29, 0.717) is 17.2 Å². The molecule has 0 atom stereocenters. The molecule has 7 nitrogen and oxygen atoms in total. The van der Waals surface area contributed by atoms with Gasteiger partial charge in [0, 0.05) is 12.7 Å². The summed E-state index contributed by atoms with van der Waals surface area (Å²) in [5, 5.41) is 7.10. The summed E-state index contributed by atoms with van der Waals surface area (Å²) >= 11 is 5.91. The number of ether oxygens (including phenoxy) is 1. The van der Waals surface area contributed by atoms with E-state index in [1.54, 1.807) is 29.2 Å². The summed E-state index contributed by atoms with van der Waals surface area (Å²) < 4.78 is 25.8. The summed E-state index contributed by atoms with van der Waals surface area (Å²) in [6.07, 6.45) is 3.34. The van der Waals surface area contributed by atoms with Gasteiger partial charge in [0.15, 0.2) is 5.76 Å². The molecular formula is C19H20ClFN4O3. The quantitative estimate of drug-likeness (QED) is 0.618. The lowest BCUT2D eigenvalue weighted by atomic mass is 10.3. The number of nitrogens with one attached hydrogen (secondary N) is 1. The van der Waals surface area contributed by atoms with E-state index >= 15 is 0 Å². The van der Waals surface area contributed by atoms with Gasteiger partial charge < -0.3 is 19.4 Å². The van der Waals surface area contributed by atoms with Crippen molar-refractivity contribution in [2.24, 2.45) is 0 Å². The Morgan fingerprint density at radius 2 is 2.18 bits per heavy atom. The Morgan fingerprint density at radius 3 is 2.93 bits per heavy atom. The van der Waals surface area contributed by atoms with Crippen molar-refractivity contribution in [2.45, 2.75) is 13.2 Å². The van der Waals surface area contributed by atoms with Gasteiger partial charge in [0.1, 0.15) is 23.9 Å². The fourth-order valence-electron chi connectivity index (χ4n) is 2.36. The van der Waals surface area contributed by atoms with Gasteiger partial charge in [0.25, 0.3) is 5.91 Å². The molecule has 2 heterocycles. The lowest BCUT2D eigenvalue weighted by Gasteiger charge is -2.08. The lowest BCUT2D eigenvalue weighted by molar-refractivity contribution is 0.0992. The van der Waals surface area contributed by atoms with Crippen molar-refractivity contribution >= 4 is 23.2 Å². The van der Waals surface area contributed by atoms with Crippen molar-refractivity contribution in [3.8, 4) is 5.75 Å². The Labute approximate surface area is 166 Å². The molecule has 0 bridgehead atoms. The molecule has 0 aliphatic carbocycles. The molecule has 148 valence electrons. The van der Waals surface area contributed by atoms with E-state index in [1.165, 1.54) is 12.1 Å². The van der Waals surface area contributed by atoms with Crippen molar-refractivity contribution in [1.29, 1.82) is 0 Å². The highest BCUT2D eigenvalue weighted by Gasteiger charge is 2.13. The Bertz CT molecular complexity index is 954. The summed E-state index contributed by atoms with van der Waals surface area (Å²) in [6.45, 7) is 1.62. The van der Waals surface area contributed by atoms with Crippen LogP contribution < -0.4 is 10.1 Å². The highest BCUT2D eigenvalue weighted by Crippen LogP contribution is 2.26. The maximum Gasteiger partial charge on any atom is 0.291 e. The first-order valence-corrected chi connectivity index (χ1v) is 8.93. The van der Waals surface area contributed by atoms with E-state index in [2.05, 4.69) is 10.4 Å². The van der Waals surface area contributed by atoms with Crippen LogP contribution in [0.2, 0.25) is 5.02 Å². The van der Waals surface area contributed by atoms with Gasteiger partial charge in [-0.1, -0.05) is 11.6 Å². The number of amides is 1. The Morgan fingerprint density at radius 1 is 1.36 bits per heavy atom. The molecule has 0 unspecified atom stereocenters. The van der Waals surface area contributed by atoms with Gasteiger partial charge in [-0.25, -0.2) is 4.39 Å². The normalized spacial score (nSPS) is 11.0. The minimum absolute atomic E-state index is 0.0566. The number of furan rings is 1. The van der Waals surface area contributed by atoms with Crippen LogP contribution in [0.3, 0.4) is 0 Å². The van der Waals surface area contributed by atoms with Crippen LogP contribution in [0.5, 0.6) is 5.75 Å². The predicted molar refractivity (Wildman–Crippen MR) is 103 cm³/mol. The number of benzene rings is 1. The second kappa shape index (κ2) is 8.90. The van der Waals surface area contributed by atoms with Crippen molar-refractivity contribution < 1.29 is 18.3 Å². The number of carbonyl (C=O) groups is 1. The molecule has 1 aromatic carbocycles. The zero-order chi connectivity index (χ0) is 20.1. The summed E-state index contributed by atoms with van der Waals surface area (Å²) in [4.78, 5) is 14.4. The second-order valence-electron chi connectivity index (χ2n) is 6.38. The zero-order valence-corrected chi connectivity index (χ0v) is 16.2.